The van der Waals surface area contributed by atoms with Crippen molar-refractivity contribution in [2.24, 2.45) is 5.92 Å². The van der Waals surface area contributed by atoms with Gasteiger partial charge in [-0.3, -0.25) is 14.8 Å². The van der Waals surface area contributed by atoms with Crippen LogP contribution in [0.2, 0.25) is 0 Å². The fourth-order valence-corrected chi connectivity index (χ4v) is 3.31. The van der Waals surface area contributed by atoms with Gasteiger partial charge in [-0.15, -0.1) is 0 Å². The van der Waals surface area contributed by atoms with Crippen molar-refractivity contribution in [3.63, 3.8) is 0 Å². The van der Waals surface area contributed by atoms with Gasteiger partial charge in [0.05, 0.1) is 6.61 Å². The van der Waals surface area contributed by atoms with Gasteiger partial charge in [0.2, 0.25) is 11.8 Å². The summed E-state index contributed by atoms with van der Waals surface area (Å²) in [7, 11) is 0. The van der Waals surface area contributed by atoms with E-state index in [9.17, 15) is 29.8 Å². The number of nitrogens with one attached hydrogen (secondary N) is 2. The minimum Gasteiger partial charge on any atom is -0.492 e. The highest BCUT2D eigenvalue weighted by Crippen LogP contribution is 2.19. The third kappa shape index (κ3) is 6.19. The van der Waals surface area contributed by atoms with Gasteiger partial charge in [-0.25, -0.2) is 15.3 Å². The van der Waals surface area contributed by atoms with Crippen LogP contribution in [0.4, 0.5) is 0 Å². The quantitative estimate of drug-likeness (QED) is 0.265. The van der Waals surface area contributed by atoms with Crippen molar-refractivity contribution in [3.8, 4) is 5.88 Å². The average Bonchev–Trinajstić information content (AvgIpc) is 3.05. The van der Waals surface area contributed by atoms with Crippen molar-refractivity contribution in [1.29, 1.82) is 0 Å². The second-order valence-electron chi connectivity index (χ2n) is 7.74. The van der Waals surface area contributed by atoms with Gasteiger partial charge in [-0.05, 0) is 37.2 Å². The Hall–Kier alpha value is -3.11. The van der Waals surface area contributed by atoms with E-state index in [1.54, 1.807) is 5.48 Å². The summed E-state index contributed by atoms with van der Waals surface area (Å²) in [5.41, 5.74) is 1.53. The zero-order valence-electron chi connectivity index (χ0n) is 17.7. The molecular formula is C21H30N4O6. The number of aliphatic hydroxyl groups excluding tert-OH is 1. The molecule has 0 aliphatic heterocycles. The van der Waals surface area contributed by atoms with E-state index in [0.29, 0.717) is 23.9 Å². The van der Waals surface area contributed by atoms with E-state index in [0.717, 1.165) is 10.6 Å². The first-order valence-corrected chi connectivity index (χ1v) is 10.2. The number of nitrogens with zero attached hydrogens (tertiary/aromatic N) is 2. The standard InChI is InChI=1S/C21H30N4O6/c1-14(2)11-12-18(27)24(25-20(29)16(13-26)22-21(25)30)17(19(28)23-31)10-6-9-15-7-4-3-5-8-15/h3-5,7-8,14,17,26,29,31H,6,9-13H2,1-2H3,(H,22,30)(H,23,28)/t17-/m0/s1. The van der Waals surface area contributed by atoms with Crippen molar-refractivity contribution in [2.45, 2.75) is 58.6 Å². The number of aromatic nitrogens is 2. The summed E-state index contributed by atoms with van der Waals surface area (Å²) in [6.07, 6.45) is 1.74. The fourth-order valence-electron chi connectivity index (χ4n) is 3.31. The van der Waals surface area contributed by atoms with E-state index in [4.69, 9.17) is 0 Å². The van der Waals surface area contributed by atoms with Crippen LogP contribution in [0.3, 0.4) is 0 Å². The number of amides is 2. The lowest BCUT2D eigenvalue weighted by molar-refractivity contribution is -0.134. The van der Waals surface area contributed by atoms with Gasteiger partial charge in [-0.2, -0.15) is 4.68 Å². The van der Waals surface area contributed by atoms with Crippen LogP contribution in [0.5, 0.6) is 5.88 Å². The molecule has 10 heteroatoms. The molecule has 2 amide bonds. The second-order valence-corrected chi connectivity index (χ2v) is 7.74. The Labute approximate surface area is 180 Å². The number of hydrogen-bond donors (Lipinski definition) is 5. The van der Waals surface area contributed by atoms with Crippen LogP contribution in [0.15, 0.2) is 35.1 Å². The van der Waals surface area contributed by atoms with E-state index >= 15 is 0 Å². The monoisotopic (exact) mass is 434 g/mol. The van der Waals surface area contributed by atoms with Gasteiger partial charge in [0.1, 0.15) is 11.7 Å². The van der Waals surface area contributed by atoms with Crippen LogP contribution in [-0.2, 0) is 22.6 Å². The molecule has 0 saturated heterocycles. The minimum atomic E-state index is -1.25. The molecule has 0 saturated carbocycles. The first-order chi connectivity index (χ1) is 14.8. The molecule has 170 valence electrons. The molecule has 2 aromatic rings. The number of imidazole rings is 1. The van der Waals surface area contributed by atoms with E-state index in [1.807, 2.05) is 44.2 Å². The minimum absolute atomic E-state index is 0.0249. The van der Waals surface area contributed by atoms with E-state index in [1.165, 1.54) is 0 Å². The van der Waals surface area contributed by atoms with Crippen LogP contribution < -0.4 is 16.2 Å². The highest BCUT2D eigenvalue weighted by atomic mass is 16.5. The number of hydroxylamine groups is 1. The van der Waals surface area contributed by atoms with Gasteiger partial charge in [0.15, 0.2) is 0 Å². The van der Waals surface area contributed by atoms with Crippen LogP contribution >= 0.6 is 0 Å². The predicted molar refractivity (Wildman–Crippen MR) is 113 cm³/mol. The summed E-state index contributed by atoms with van der Waals surface area (Å²) in [5.74, 6) is -1.92. The Balaban J connectivity index is 2.38. The largest absolute Gasteiger partial charge is 0.492 e. The lowest BCUT2D eigenvalue weighted by Crippen LogP contribution is -2.57. The number of carbonyl (C=O) groups is 2. The van der Waals surface area contributed by atoms with Gasteiger partial charge >= 0.3 is 5.69 Å². The Kier molecular flexibility index (Phi) is 8.83. The first-order valence-electron chi connectivity index (χ1n) is 10.2. The summed E-state index contributed by atoms with van der Waals surface area (Å²) >= 11 is 0. The summed E-state index contributed by atoms with van der Waals surface area (Å²) in [4.78, 5) is 40.3. The Morgan fingerprint density at radius 2 is 1.87 bits per heavy atom. The smallest absolute Gasteiger partial charge is 0.348 e. The topological polar surface area (TPSA) is 148 Å². The number of aliphatic hydroxyl groups is 1. The van der Waals surface area contributed by atoms with Gasteiger partial charge < -0.3 is 15.2 Å². The van der Waals surface area contributed by atoms with Crippen LogP contribution in [0, 0.1) is 5.92 Å². The van der Waals surface area contributed by atoms with Crippen molar-refractivity contribution in [2.75, 3.05) is 5.01 Å². The Morgan fingerprint density at radius 1 is 1.19 bits per heavy atom. The highest BCUT2D eigenvalue weighted by Gasteiger charge is 2.34. The van der Waals surface area contributed by atoms with Crippen LogP contribution in [0.1, 0.15) is 50.8 Å². The molecule has 0 aliphatic rings. The average molecular weight is 434 g/mol. The number of benzene rings is 1. The lowest BCUT2D eigenvalue weighted by Gasteiger charge is -2.30. The molecular weight excluding hydrogens is 404 g/mol. The van der Waals surface area contributed by atoms with Crippen LogP contribution in [-0.4, -0.2) is 42.9 Å². The first kappa shape index (κ1) is 24.2. The normalized spacial score (nSPS) is 12.0. The van der Waals surface area contributed by atoms with E-state index < -0.39 is 36.0 Å². The van der Waals surface area contributed by atoms with Gasteiger partial charge in [0.25, 0.3) is 5.91 Å². The Bertz CT molecular complexity index is 922. The summed E-state index contributed by atoms with van der Waals surface area (Å²) in [5, 5.41) is 29.9. The predicted octanol–water partition coefficient (Wildman–Crippen LogP) is 1.17. The molecule has 10 nitrogen and oxygen atoms in total. The molecule has 0 aliphatic carbocycles. The molecule has 1 atom stereocenters. The number of H-pyrrole nitrogens is 1. The summed E-state index contributed by atoms with van der Waals surface area (Å²) < 4.78 is 0.649. The zero-order valence-corrected chi connectivity index (χ0v) is 17.7. The maximum absolute atomic E-state index is 13.1. The Morgan fingerprint density at radius 3 is 2.42 bits per heavy atom. The maximum atomic E-state index is 13.1. The molecule has 0 radical (unpaired) electrons. The molecule has 0 bridgehead atoms. The number of aryl methyl sites for hydroxylation is 1. The molecule has 31 heavy (non-hydrogen) atoms. The molecule has 0 spiro atoms. The molecule has 5 N–H and O–H groups in total. The van der Waals surface area contributed by atoms with Crippen molar-refractivity contribution < 1.29 is 25.0 Å². The van der Waals surface area contributed by atoms with E-state index in [2.05, 4.69) is 4.98 Å². The lowest BCUT2D eigenvalue weighted by atomic mass is 10.0. The fraction of sp³-hybridized carbons (Fsp3) is 0.476. The van der Waals surface area contributed by atoms with E-state index in [-0.39, 0.29) is 24.5 Å². The number of hydrogen-bond acceptors (Lipinski definition) is 6. The number of aromatic amines is 1. The number of carbonyl (C=O) groups excluding carboxylic acids is 2. The van der Waals surface area contributed by atoms with Crippen molar-refractivity contribution in [3.05, 3.63) is 52.1 Å². The molecule has 0 unspecified atom stereocenters. The number of rotatable bonds is 11. The SMILES string of the molecule is CC(C)CCC(=O)N([C@@H](CCCc1ccccc1)C(=O)NO)n1c(O)c(CO)[nH]c1=O. The summed E-state index contributed by atoms with van der Waals surface area (Å²) in [6, 6.07) is 8.29. The number of aromatic hydroxyl groups is 1. The van der Waals surface area contributed by atoms with Gasteiger partial charge in [-0.1, -0.05) is 44.2 Å². The third-order valence-corrected chi connectivity index (χ3v) is 4.98. The molecule has 1 aromatic heterocycles. The van der Waals surface area contributed by atoms with Crippen molar-refractivity contribution in [1.82, 2.24) is 15.1 Å². The molecule has 2 rings (SSSR count). The van der Waals surface area contributed by atoms with Gasteiger partial charge in [0, 0.05) is 6.42 Å². The molecule has 1 aromatic carbocycles. The zero-order chi connectivity index (χ0) is 23.0. The molecule has 1 heterocycles. The maximum Gasteiger partial charge on any atom is 0.348 e. The van der Waals surface area contributed by atoms with Crippen molar-refractivity contribution >= 4 is 11.8 Å². The molecule has 0 fully saturated rings. The third-order valence-electron chi connectivity index (χ3n) is 4.98. The summed E-state index contributed by atoms with van der Waals surface area (Å²) in [6.45, 7) is 3.20. The highest BCUT2D eigenvalue weighted by molar-refractivity contribution is 5.94. The second kappa shape index (κ2) is 11.3. The van der Waals surface area contributed by atoms with Crippen LogP contribution in [0.25, 0.3) is 0 Å².